The van der Waals surface area contributed by atoms with Gasteiger partial charge < -0.3 is 10.2 Å². The molecule has 2 fully saturated rings. The lowest BCUT2D eigenvalue weighted by atomic mass is 9.74. The van der Waals surface area contributed by atoms with E-state index in [-0.39, 0.29) is 0 Å². The molecular weight excluding hydrogens is 184 g/mol. The number of hydrogen-bond donors (Lipinski definition) is 1. The average Bonchev–Trinajstić information content (AvgIpc) is 2.29. The van der Waals surface area contributed by atoms with Gasteiger partial charge in [-0.25, -0.2) is 0 Å². The van der Waals surface area contributed by atoms with Gasteiger partial charge in [-0.05, 0) is 57.5 Å². The van der Waals surface area contributed by atoms with Crippen LogP contribution in [0.3, 0.4) is 0 Å². The predicted molar refractivity (Wildman–Crippen MR) is 65.1 cm³/mol. The van der Waals surface area contributed by atoms with Crippen LogP contribution in [0.5, 0.6) is 0 Å². The van der Waals surface area contributed by atoms with Crippen molar-refractivity contribution < 1.29 is 0 Å². The van der Waals surface area contributed by atoms with Crippen LogP contribution in [0, 0.1) is 5.41 Å². The van der Waals surface area contributed by atoms with Gasteiger partial charge in [0.2, 0.25) is 0 Å². The van der Waals surface area contributed by atoms with Crippen LogP contribution in [0.15, 0.2) is 0 Å². The lowest BCUT2D eigenvalue weighted by Crippen LogP contribution is -2.53. The zero-order valence-corrected chi connectivity index (χ0v) is 10.4. The van der Waals surface area contributed by atoms with Crippen molar-refractivity contribution in [1.82, 2.24) is 10.2 Å². The van der Waals surface area contributed by atoms with E-state index in [2.05, 4.69) is 24.1 Å². The third-order valence-electron chi connectivity index (χ3n) is 4.47. The third kappa shape index (κ3) is 2.54. The highest BCUT2D eigenvalue weighted by molar-refractivity contribution is 4.92. The molecule has 88 valence electrons. The molecule has 2 atom stereocenters. The van der Waals surface area contributed by atoms with Gasteiger partial charge in [0.25, 0.3) is 0 Å². The van der Waals surface area contributed by atoms with Crippen molar-refractivity contribution in [2.45, 2.75) is 52.0 Å². The summed E-state index contributed by atoms with van der Waals surface area (Å²) in [5.74, 6) is 0. The second-order valence-electron chi connectivity index (χ2n) is 5.61. The quantitative estimate of drug-likeness (QED) is 0.752. The highest BCUT2D eigenvalue weighted by Gasteiger charge is 2.37. The smallest absolute Gasteiger partial charge is 0.00645 e. The van der Waals surface area contributed by atoms with Gasteiger partial charge in [-0.2, -0.15) is 0 Å². The molecule has 2 saturated heterocycles. The van der Waals surface area contributed by atoms with Crippen LogP contribution in [0.2, 0.25) is 0 Å². The minimum atomic E-state index is 0.625. The van der Waals surface area contributed by atoms with Gasteiger partial charge in [0.15, 0.2) is 0 Å². The molecule has 2 aliphatic rings. The average molecular weight is 210 g/mol. The molecule has 0 radical (unpaired) electrons. The van der Waals surface area contributed by atoms with E-state index in [4.69, 9.17) is 0 Å². The van der Waals surface area contributed by atoms with Crippen LogP contribution < -0.4 is 5.32 Å². The van der Waals surface area contributed by atoms with Gasteiger partial charge in [-0.3, -0.25) is 0 Å². The first-order chi connectivity index (χ1) is 7.26. The Hall–Kier alpha value is -0.0800. The molecule has 1 spiro atoms. The highest BCUT2D eigenvalue weighted by Crippen LogP contribution is 2.36. The topological polar surface area (TPSA) is 15.3 Å². The number of hydrogen-bond acceptors (Lipinski definition) is 2. The molecule has 0 aromatic rings. The Kier molecular flexibility index (Phi) is 3.68. The highest BCUT2D eigenvalue weighted by atomic mass is 15.2. The zero-order chi connectivity index (χ0) is 10.7. The lowest BCUT2D eigenvalue weighted by molar-refractivity contribution is 0.0410. The summed E-state index contributed by atoms with van der Waals surface area (Å²) >= 11 is 0. The molecule has 2 heterocycles. The Morgan fingerprint density at radius 3 is 2.80 bits per heavy atom. The Labute approximate surface area is 94.4 Å². The summed E-state index contributed by atoms with van der Waals surface area (Å²) in [6.07, 6.45) is 6.99. The number of piperidine rings is 2. The summed E-state index contributed by atoms with van der Waals surface area (Å²) in [5.41, 5.74) is 0.625. The second-order valence-corrected chi connectivity index (χ2v) is 5.61. The first kappa shape index (κ1) is 11.4. The third-order valence-corrected chi connectivity index (χ3v) is 4.47. The lowest BCUT2D eigenvalue weighted by Gasteiger charge is -2.47. The molecule has 2 nitrogen and oxygen atoms in total. The molecule has 2 rings (SSSR count). The first-order valence-electron chi connectivity index (χ1n) is 6.70. The van der Waals surface area contributed by atoms with Crippen molar-refractivity contribution in [3.8, 4) is 0 Å². The fourth-order valence-corrected chi connectivity index (χ4v) is 3.26. The van der Waals surface area contributed by atoms with Gasteiger partial charge in [-0.1, -0.05) is 6.92 Å². The molecule has 15 heavy (non-hydrogen) atoms. The molecule has 0 aromatic heterocycles. The van der Waals surface area contributed by atoms with E-state index in [1.54, 1.807) is 0 Å². The molecule has 2 unspecified atom stereocenters. The minimum absolute atomic E-state index is 0.625. The summed E-state index contributed by atoms with van der Waals surface area (Å²) in [6, 6.07) is 0.782. The van der Waals surface area contributed by atoms with Crippen LogP contribution in [-0.2, 0) is 0 Å². The van der Waals surface area contributed by atoms with Crippen molar-refractivity contribution in [3.05, 3.63) is 0 Å². The molecule has 0 bridgehead atoms. The van der Waals surface area contributed by atoms with E-state index in [1.165, 1.54) is 58.3 Å². The molecule has 0 aliphatic carbocycles. The molecule has 2 aliphatic heterocycles. The standard InChI is InChI=1S/C13H26N2/c1-3-12(2)15-9-5-7-13(11-15)6-4-8-14-10-13/h12,14H,3-11H2,1-2H3. The molecular formula is C13H26N2. The SMILES string of the molecule is CCC(C)N1CCCC2(CCCNC2)C1. The van der Waals surface area contributed by atoms with Crippen molar-refractivity contribution in [3.63, 3.8) is 0 Å². The summed E-state index contributed by atoms with van der Waals surface area (Å²) in [7, 11) is 0. The van der Waals surface area contributed by atoms with E-state index in [0.717, 1.165) is 6.04 Å². The van der Waals surface area contributed by atoms with E-state index in [1.807, 2.05) is 0 Å². The Morgan fingerprint density at radius 1 is 1.33 bits per heavy atom. The molecule has 0 aromatic carbocycles. The second kappa shape index (κ2) is 4.84. The minimum Gasteiger partial charge on any atom is -0.316 e. The van der Waals surface area contributed by atoms with Crippen LogP contribution in [0.25, 0.3) is 0 Å². The normalized spacial score (nSPS) is 35.6. The van der Waals surface area contributed by atoms with Crippen LogP contribution >= 0.6 is 0 Å². The van der Waals surface area contributed by atoms with Gasteiger partial charge in [0.1, 0.15) is 0 Å². The monoisotopic (exact) mass is 210 g/mol. The maximum Gasteiger partial charge on any atom is 0.00645 e. The fourth-order valence-electron chi connectivity index (χ4n) is 3.26. The van der Waals surface area contributed by atoms with Crippen LogP contribution in [0.4, 0.5) is 0 Å². The summed E-state index contributed by atoms with van der Waals surface area (Å²) in [6.45, 7) is 9.87. The van der Waals surface area contributed by atoms with E-state index >= 15 is 0 Å². The summed E-state index contributed by atoms with van der Waals surface area (Å²) in [5, 5.41) is 3.60. The number of nitrogens with one attached hydrogen (secondary N) is 1. The molecule has 1 N–H and O–H groups in total. The summed E-state index contributed by atoms with van der Waals surface area (Å²) in [4.78, 5) is 2.72. The molecule has 0 amide bonds. The van der Waals surface area contributed by atoms with E-state index in [9.17, 15) is 0 Å². The van der Waals surface area contributed by atoms with E-state index < -0.39 is 0 Å². The molecule has 0 saturated carbocycles. The van der Waals surface area contributed by atoms with Gasteiger partial charge in [-0.15, -0.1) is 0 Å². The number of rotatable bonds is 2. The predicted octanol–water partition coefficient (Wildman–Crippen LogP) is 2.25. The van der Waals surface area contributed by atoms with Crippen molar-refractivity contribution in [2.75, 3.05) is 26.2 Å². The number of nitrogens with zero attached hydrogens (tertiary/aromatic N) is 1. The largest absolute Gasteiger partial charge is 0.316 e. The van der Waals surface area contributed by atoms with Crippen molar-refractivity contribution in [2.24, 2.45) is 5.41 Å². The summed E-state index contributed by atoms with van der Waals surface area (Å²) < 4.78 is 0. The Bertz CT molecular complexity index is 191. The maximum absolute atomic E-state index is 3.60. The Balaban J connectivity index is 1.96. The molecule has 2 heteroatoms. The van der Waals surface area contributed by atoms with Crippen molar-refractivity contribution >= 4 is 0 Å². The first-order valence-corrected chi connectivity index (χ1v) is 6.70. The van der Waals surface area contributed by atoms with Gasteiger partial charge in [0, 0.05) is 19.1 Å². The van der Waals surface area contributed by atoms with E-state index in [0.29, 0.717) is 5.41 Å². The number of likely N-dealkylation sites (tertiary alicyclic amines) is 1. The maximum atomic E-state index is 3.60. The van der Waals surface area contributed by atoms with Gasteiger partial charge in [0.05, 0.1) is 0 Å². The van der Waals surface area contributed by atoms with Gasteiger partial charge >= 0.3 is 0 Å². The van der Waals surface area contributed by atoms with Crippen molar-refractivity contribution in [1.29, 1.82) is 0 Å². The zero-order valence-electron chi connectivity index (χ0n) is 10.4. The van der Waals surface area contributed by atoms with Crippen LogP contribution in [-0.4, -0.2) is 37.1 Å². The Morgan fingerprint density at radius 2 is 2.13 bits per heavy atom. The fraction of sp³-hybridized carbons (Fsp3) is 1.00. The van der Waals surface area contributed by atoms with Crippen LogP contribution in [0.1, 0.15) is 46.0 Å².